The Bertz CT molecular complexity index is 444. The van der Waals surface area contributed by atoms with Gasteiger partial charge in [-0.25, -0.2) is 0 Å². The maximum atomic E-state index is 11.9. The van der Waals surface area contributed by atoms with Gasteiger partial charge in [0.05, 0.1) is 4.92 Å². The van der Waals surface area contributed by atoms with Crippen molar-refractivity contribution in [3.8, 4) is 0 Å². The Kier molecular flexibility index (Phi) is 6.75. The molecule has 0 aromatic heterocycles. The molecule has 1 amide bonds. The van der Waals surface area contributed by atoms with Crippen LogP contribution < -0.4 is 5.32 Å². The molecule has 0 heterocycles. The highest BCUT2D eigenvalue weighted by Gasteiger charge is 2.14. The minimum Gasteiger partial charge on any atom is -0.350 e. The van der Waals surface area contributed by atoms with Gasteiger partial charge in [-0.1, -0.05) is 27.3 Å². The number of non-ortho nitro benzene ring substituents is 1. The quantitative estimate of drug-likeness (QED) is 0.655. The van der Waals surface area contributed by atoms with Crippen LogP contribution in [0.1, 0.15) is 45.0 Å². The van der Waals surface area contributed by atoms with E-state index in [4.69, 9.17) is 0 Å². The third-order valence-electron chi connectivity index (χ3n) is 2.52. The van der Waals surface area contributed by atoms with Gasteiger partial charge >= 0.3 is 0 Å². The van der Waals surface area contributed by atoms with Crippen molar-refractivity contribution < 1.29 is 9.72 Å². The van der Waals surface area contributed by atoms with Crippen molar-refractivity contribution >= 4 is 11.6 Å². The molecule has 19 heavy (non-hydrogen) atoms. The predicted octanol–water partition coefficient (Wildman–Crippen LogP) is 3.40. The molecular weight excluding hydrogens is 244 g/mol. The number of carbonyl (C=O) groups is 1. The summed E-state index contributed by atoms with van der Waals surface area (Å²) >= 11 is 0. The van der Waals surface area contributed by atoms with Crippen molar-refractivity contribution in [2.24, 2.45) is 5.92 Å². The molecule has 0 saturated carbocycles. The van der Waals surface area contributed by atoms with Crippen molar-refractivity contribution in [3.63, 3.8) is 0 Å². The number of nitrogens with zero attached hydrogens (tertiary/aromatic N) is 1. The summed E-state index contributed by atoms with van der Waals surface area (Å²) in [5, 5.41) is 13.4. The number of hydrogen-bond acceptors (Lipinski definition) is 3. The molecule has 5 nitrogen and oxygen atoms in total. The van der Waals surface area contributed by atoms with Crippen LogP contribution in [0.2, 0.25) is 0 Å². The molecule has 1 atom stereocenters. The van der Waals surface area contributed by atoms with Crippen LogP contribution in [-0.4, -0.2) is 16.9 Å². The van der Waals surface area contributed by atoms with Crippen molar-refractivity contribution in [2.45, 2.75) is 40.7 Å². The maximum absolute atomic E-state index is 11.9. The van der Waals surface area contributed by atoms with E-state index < -0.39 is 4.92 Å². The second-order valence-corrected chi connectivity index (χ2v) is 4.81. The summed E-state index contributed by atoms with van der Waals surface area (Å²) in [5.74, 6) is 0.220. The lowest BCUT2D eigenvalue weighted by Crippen LogP contribution is -2.33. The zero-order valence-electron chi connectivity index (χ0n) is 10.8. The van der Waals surface area contributed by atoms with Gasteiger partial charge in [-0.15, -0.1) is 0 Å². The fourth-order valence-corrected chi connectivity index (χ4v) is 1.83. The molecule has 5 heteroatoms. The van der Waals surface area contributed by atoms with Gasteiger partial charge in [0.15, 0.2) is 0 Å². The molecule has 0 aliphatic rings. The first kappa shape index (κ1) is 17.1. The molecule has 1 rings (SSSR count). The van der Waals surface area contributed by atoms with Crippen molar-refractivity contribution in [2.75, 3.05) is 0 Å². The van der Waals surface area contributed by atoms with Crippen molar-refractivity contribution in [3.05, 3.63) is 39.9 Å². The maximum Gasteiger partial charge on any atom is 0.270 e. The van der Waals surface area contributed by atoms with E-state index in [1.165, 1.54) is 18.2 Å². The van der Waals surface area contributed by atoms with E-state index in [9.17, 15) is 14.9 Å². The molecule has 1 aromatic carbocycles. The zero-order valence-corrected chi connectivity index (χ0v) is 10.8. The Morgan fingerprint density at radius 3 is 2.53 bits per heavy atom. The van der Waals surface area contributed by atoms with E-state index in [2.05, 4.69) is 19.2 Å². The highest BCUT2D eigenvalue weighted by molar-refractivity contribution is 5.94. The molecule has 0 fully saturated rings. The third kappa shape index (κ3) is 5.50. The average molecular weight is 266 g/mol. The van der Waals surface area contributed by atoms with Gasteiger partial charge < -0.3 is 5.32 Å². The van der Waals surface area contributed by atoms with Gasteiger partial charge in [0.1, 0.15) is 0 Å². The summed E-state index contributed by atoms with van der Waals surface area (Å²) in [6.07, 6.45) is 0.876. The van der Waals surface area contributed by atoms with E-state index in [0.717, 1.165) is 6.42 Å². The number of hydrogen-bond donors (Lipinski definition) is 1. The molecule has 1 aromatic rings. The van der Waals surface area contributed by atoms with Crippen LogP contribution in [0.5, 0.6) is 0 Å². The molecule has 0 unspecified atom stereocenters. The standard InChI is InChI=1S/C13H18N2O3.CH4/c1-9(2)7-10(3)14-13(16)11-5-4-6-12(8-11)15(17)18;/h4-6,8-10H,7H2,1-3H3,(H,14,16);1H4/t10-;/m1./s1. The molecular formula is C14H22N2O3. The van der Waals surface area contributed by atoms with Gasteiger partial charge in [-0.2, -0.15) is 0 Å². The van der Waals surface area contributed by atoms with Gasteiger partial charge in [0, 0.05) is 23.7 Å². The summed E-state index contributed by atoms with van der Waals surface area (Å²) in [7, 11) is 0. The Balaban J connectivity index is 0.00000324. The highest BCUT2D eigenvalue weighted by atomic mass is 16.6. The lowest BCUT2D eigenvalue weighted by atomic mass is 10.0. The molecule has 1 N–H and O–H groups in total. The van der Waals surface area contributed by atoms with Crippen molar-refractivity contribution in [1.29, 1.82) is 0 Å². The minimum absolute atomic E-state index is 0. The fourth-order valence-electron chi connectivity index (χ4n) is 1.83. The van der Waals surface area contributed by atoms with Gasteiger partial charge in [0.2, 0.25) is 0 Å². The number of carbonyl (C=O) groups excluding carboxylic acids is 1. The smallest absolute Gasteiger partial charge is 0.270 e. The van der Waals surface area contributed by atoms with E-state index >= 15 is 0 Å². The highest BCUT2D eigenvalue weighted by Crippen LogP contribution is 2.13. The van der Waals surface area contributed by atoms with Crippen LogP contribution in [0.3, 0.4) is 0 Å². The van der Waals surface area contributed by atoms with Gasteiger partial charge in [0.25, 0.3) is 11.6 Å². The number of nitro benzene ring substituents is 1. The second kappa shape index (κ2) is 7.51. The normalized spacial score (nSPS) is 11.6. The number of rotatable bonds is 5. The lowest BCUT2D eigenvalue weighted by Gasteiger charge is -2.15. The Hall–Kier alpha value is -1.91. The van der Waals surface area contributed by atoms with Crippen LogP contribution >= 0.6 is 0 Å². The summed E-state index contributed by atoms with van der Waals surface area (Å²) in [5.41, 5.74) is 0.249. The molecule has 0 bridgehead atoms. The zero-order chi connectivity index (χ0) is 13.7. The number of benzene rings is 1. The monoisotopic (exact) mass is 266 g/mol. The lowest BCUT2D eigenvalue weighted by molar-refractivity contribution is -0.384. The molecule has 0 radical (unpaired) electrons. The molecule has 0 aliphatic heterocycles. The largest absolute Gasteiger partial charge is 0.350 e. The minimum atomic E-state index is -0.506. The Morgan fingerprint density at radius 1 is 1.37 bits per heavy atom. The summed E-state index contributed by atoms with van der Waals surface area (Å²) in [6, 6.07) is 5.80. The first-order valence-corrected chi connectivity index (χ1v) is 5.95. The molecule has 0 aliphatic carbocycles. The number of nitrogens with one attached hydrogen (secondary N) is 1. The third-order valence-corrected chi connectivity index (χ3v) is 2.52. The first-order valence-electron chi connectivity index (χ1n) is 5.95. The number of amides is 1. The molecule has 0 saturated heterocycles. The van der Waals surface area contributed by atoms with E-state index in [0.29, 0.717) is 11.5 Å². The first-order chi connectivity index (χ1) is 8.40. The SMILES string of the molecule is C.CC(C)C[C@@H](C)NC(=O)c1cccc([N+](=O)[O-])c1. The molecule has 0 spiro atoms. The van der Waals surface area contributed by atoms with E-state index in [1.54, 1.807) is 6.07 Å². The van der Waals surface area contributed by atoms with Crippen LogP contribution in [0, 0.1) is 16.0 Å². The summed E-state index contributed by atoms with van der Waals surface area (Å²) in [4.78, 5) is 22.0. The van der Waals surface area contributed by atoms with E-state index in [1.807, 2.05) is 6.92 Å². The van der Waals surface area contributed by atoms with E-state index in [-0.39, 0.29) is 25.1 Å². The topological polar surface area (TPSA) is 72.2 Å². The second-order valence-electron chi connectivity index (χ2n) is 4.81. The fraction of sp³-hybridized carbons (Fsp3) is 0.500. The summed E-state index contributed by atoms with van der Waals surface area (Å²) < 4.78 is 0. The predicted molar refractivity (Wildman–Crippen MR) is 76.2 cm³/mol. The van der Waals surface area contributed by atoms with Crippen LogP contribution in [0.15, 0.2) is 24.3 Å². The van der Waals surface area contributed by atoms with Crippen LogP contribution in [-0.2, 0) is 0 Å². The van der Waals surface area contributed by atoms with Crippen molar-refractivity contribution in [1.82, 2.24) is 5.32 Å². The average Bonchev–Trinajstić information content (AvgIpc) is 2.27. The Morgan fingerprint density at radius 2 is 2.00 bits per heavy atom. The van der Waals surface area contributed by atoms with Crippen LogP contribution in [0.4, 0.5) is 5.69 Å². The molecule has 106 valence electrons. The van der Waals surface area contributed by atoms with Crippen LogP contribution in [0.25, 0.3) is 0 Å². The summed E-state index contributed by atoms with van der Waals surface area (Å²) in [6.45, 7) is 6.08. The van der Waals surface area contributed by atoms with Gasteiger partial charge in [-0.3, -0.25) is 14.9 Å². The Labute approximate surface area is 114 Å². The number of nitro groups is 1. The van der Waals surface area contributed by atoms with Gasteiger partial charge in [-0.05, 0) is 25.3 Å².